The summed E-state index contributed by atoms with van der Waals surface area (Å²) in [7, 11) is -3.58. The minimum Gasteiger partial charge on any atom is -0.481 e. The number of nitrogens with one attached hydrogen (secondary N) is 1. The number of amides is 1. The molecular weight excluding hydrogens is 466 g/mol. The molecule has 2 aromatic rings. The van der Waals surface area contributed by atoms with E-state index in [1.54, 1.807) is 22.9 Å². The van der Waals surface area contributed by atoms with Crippen molar-refractivity contribution >= 4 is 44.4 Å². The molecule has 4 unspecified atom stereocenters. The number of hydrogen-bond acceptors (Lipinski definition) is 6. The lowest BCUT2D eigenvalue weighted by molar-refractivity contribution is -0.137. The van der Waals surface area contributed by atoms with Gasteiger partial charge in [0.1, 0.15) is 4.21 Å². The maximum Gasteiger partial charge on any atom is 0.303 e. The number of hydrogen-bond donors (Lipinski definition) is 2. The summed E-state index contributed by atoms with van der Waals surface area (Å²) in [6.07, 6.45) is 10.1. The number of carboxylic acid groups (broad SMARTS) is 1. The van der Waals surface area contributed by atoms with Crippen LogP contribution in [0.1, 0.15) is 54.6 Å². The number of fused-ring (bicyclic) bond motifs is 2. The normalized spacial score (nSPS) is 24.9. The van der Waals surface area contributed by atoms with E-state index in [0.29, 0.717) is 29.1 Å². The van der Waals surface area contributed by atoms with Crippen molar-refractivity contribution in [2.24, 2.45) is 17.8 Å². The van der Waals surface area contributed by atoms with Gasteiger partial charge in [0, 0.05) is 17.8 Å². The number of carbonyl (C=O) groups is 2. The van der Waals surface area contributed by atoms with Crippen LogP contribution in [0.25, 0.3) is 0 Å². The number of allylic oxidation sites excluding steroid dienone is 2. The van der Waals surface area contributed by atoms with E-state index in [0.717, 1.165) is 37.0 Å². The molecule has 2 fully saturated rings. The van der Waals surface area contributed by atoms with Crippen LogP contribution in [0, 0.1) is 17.8 Å². The largest absolute Gasteiger partial charge is 0.481 e. The predicted octanol–water partition coefficient (Wildman–Crippen LogP) is 4.99. The van der Waals surface area contributed by atoms with Gasteiger partial charge in [-0.25, -0.2) is 8.42 Å². The smallest absolute Gasteiger partial charge is 0.303 e. The van der Waals surface area contributed by atoms with Crippen LogP contribution in [-0.2, 0) is 14.6 Å². The molecule has 2 saturated carbocycles. The Kier molecular flexibility index (Phi) is 7.17. The van der Waals surface area contributed by atoms with Crippen LogP contribution < -0.4 is 5.32 Å². The second kappa shape index (κ2) is 9.89. The van der Waals surface area contributed by atoms with E-state index < -0.39 is 15.8 Å². The van der Waals surface area contributed by atoms with Gasteiger partial charge in [-0.3, -0.25) is 9.59 Å². The quantitative estimate of drug-likeness (QED) is 0.359. The monoisotopic (exact) mass is 493 g/mol. The highest BCUT2D eigenvalue weighted by Gasteiger charge is 2.47. The van der Waals surface area contributed by atoms with Gasteiger partial charge < -0.3 is 10.4 Å². The zero-order chi connectivity index (χ0) is 22.7. The van der Waals surface area contributed by atoms with Crippen LogP contribution in [0.3, 0.4) is 0 Å². The Morgan fingerprint density at radius 3 is 2.72 bits per heavy atom. The van der Waals surface area contributed by atoms with Gasteiger partial charge in [-0.2, -0.15) is 11.3 Å². The molecule has 0 aromatic carbocycles. The fourth-order valence-corrected chi connectivity index (χ4v) is 8.69. The third kappa shape index (κ3) is 5.00. The van der Waals surface area contributed by atoms with Crippen molar-refractivity contribution in [3.05, 3.63) is 46.0 Å². The topological polar surface area (TPSA) is 101 Å². The highest BCUT2D eigenvalue weighted by molar-refractivity contribution is 7.93. The van der Waals surface area contributed by atoms with Gasteiger partial charge in [-0.1, -0.05) is 12.2 Å². The molecule has 2 aliphatic carbocycles. The molecule has 2 heterocycles. The van der Waals surface area contributed by atoms with Gasteiger partial charge in [-0.05, 0) is 79.9 Å². The van der Waals surface area contributed by atoms with Crippen LogP contribution in [0.15, 0.2) is 50.2 Å². The van der Waals surface area contributed by atoms with Crippen molar-refractivity contribution in [1.82, 2.24) is 5.32 Å². The number of rotatable bonds is 10. The van der Waals surface area contributed by atoms with Crippen molar-refractivity contribution in [2.45, 2.75) is 60.1 Å². The number of carboxylic acids is 1. The van der Waals surface area contributed by atoms with Crippen LogP contribution in [-0.4, -0.2) is 31.4 Å². The third-order valence-electron chi connectivity index (χ3n) is 6.60. The summed E-state index contributed by atoms with van der Waals surface area (Å²) in [6, 6.07) is 4.80. The first-order valence-corrected chi connectivity index (χ1v) is 14.2. The molecule has 1 amide bonds. The van der Waals surface area contributed by atoms with Crippen molar-refractivity contribution in [2.75, 3.05) is 0 Å². The molecule has 6 nitrogen and oxygen atoms in total. The first-order valence-electron chi connectivity index (χ1n) is 10.9. The molecule has 4 rings (SSSR count). The molecule has 2 bridgehead atoms. The summed E-state index contributed by atoms with van der Waals surface area (Å²) >= 11 is 2.35. The van der Waals surface area contributed by atoms with Crippen molar-refractivity contribution in [3.63, 3.8) is 0 Å². The molecule has 2 aliphatic rings. The van der Waals surface area contributed by atoms with Crippen molar-refractivity contribution < 1.29 is 23.1 Å². The Balaban J connectivity index is 1.38. The molecule has 0 aliphatic heterocycles. The number of aliphatic carboxylic acids is 1. The summed E-state index contributed by atoms with van der Waals surface area (Å²) in [5.41, 5.74) is 0. The van der Waals surface area contributed by atoms with Gasteiger partial charge in [0.25, 0.3) is 5.91 Å². The van der Waals surface area contributed by atoms with Gasteiger partial charge >= 0.3 is 5.97 Å². The highest BCUT2D eigenvalue weighted by Crippen LogP contribution is 2.50. The molecule has 9 heteroatoms. The maximum atomic E-state index is 13.0. The van der Waals surface area contributed by atoms with Crippen LogP contribution in [0.5, 0.6) is 0 Å². The lowest BCUT2D eigenvalue weighted by atomic mass is 9.82. The molecule has 2 N–H and O–H groups in total. The second-order valence-corrected chi connectivity index (χ2v) is 12.6. The number of unbranched alkanes of at least 4 members (excludes halogenated alkanes) is 1. The Labute approximate surface area is 196 Å². The number of sulfone groups is 1. The standard InChI is InChI=1S/C23H27NO5S3/c25-20(26)6-4-2-1-3-5-18-15-7-8-16(13-15)22(18)24-23(27)19-9-10-21(31-19)32(28,29)17-11-12-30-14-17/h1,3,9-12,14-16,18,22H,2,4-8,13H2,(H,24,27)(H,25,26). The molecule has 2 aromatic heterocycles. The fraction of sp³-hybridized carbons (Fsp3) is 0.478. The molecule has 0 saturated heterocycles. The predicted molar refractivity (Wildman–Crippen MR) is 125 cm³/mol. The highest BCUT2D eigenvalue weighted by atomic mass is 32.2. The Bertz CT molecular complexity index is 1090. The summed E-state index contributed by atoms with van der Waals surface area (Å²) in [5.74, 6) is 0.487. The lowest BCUT2D eigenvalue weighted by Gasteiger charge is -2.31. The van der Waals surface area contributed by atoms with E-state index in [-0.39, 0.29) is 27.5 Å². The Morgan fingerprint density at radius 1 is 1.16 bits per heavy atom. The van der Waals surface area contributed by atoms with Gasteiger partial charge in [0.05, 0.1) is 9.77 Å². The van der Waals surface area contributed by atoms with Crippen molar-refractivity contribution in [3.8, 4) is 0 Å². The van der Waals surface area contributed by atoms with E-state index in [4.69, 9.17) is 5.11 Å². The zero-order valence-electron chi connectivity index (χ0n) is 17.6. The molecule has 32 heavy (non-hydrogen) atoms. The van der Waals surface area contributed by atoms with E-state index in [1.165, 1.54) is 23.8 Å². The Morgan fingerprint density at radius 2 is 1.97 bits per heavy atom. The van der Waals surface area contributed by atoms with E-state index in [2.05, 4.69) is 17.5 Å². The Hall–Kier alpha value is -1.97. The first kappa shape index (κ1) is 23.2. The first-order chi connectivity index (χ1) is 15.4. The lowest BCUT2D eigenvalue weighted by Crippen LogP contribution is -2.43. The van der Waals surface area contributed by atoms with Crippen molar-refractivity contribution in [1.29, 1.82) is 0 Å². The van der Waals surface area contributed by atoms with E-state index in [1.807, 2.05) is 0 Å². The minimum atomic E-state index is -3.58. The molecular formula is C23H27NO5S3. The van der Waals surface area contributed by atoms with E-state index in [9.17, 15) is 18.0 Å². The van der Waals surface area contributed by atoms with Gasteiger partial charge in [-0.15, -0.1) is 11.3 Å². The minimum absolute atomic E-state index is 0.101. The number of carbonyl (C=O) groups excluding carboxylic acids is 1. The summed E-state index contributed by atoms with van der Waals surface area (Å²) in [4.78, 5) is 24.3. The van der Waals surface area contributed by atoms with Crippen LogP contribution in [0.4, 0.5) is 0 Å². The zero-order valence-corrected chi connectivity index (χ0v) is 20.1. The molecule has 0 spiro atoms. The van der Waals surface area contributed by atoms with Gasteiger partial charge in [0.2, 0.25) is 9.84 Å². The van der Waals surface area contributed by atoms with Crippen LogP contribution in [0.2, 0.25) is 0 Å². The molecule has 172 valence electrons. The van der Waals surface area contributed by atoms with Crippen LogP contribution >= 0.6 is 22.7 Å². The SMILES string of the molecule is O=C(O)CCCC=CCC1C2CCC(C2)C1NC(=O)c1ccc(S(=O)(=O)c2ccsc2)s1. The summed E-state index contributed by atoms with van der Waals surface area (Å²) in [6.45, 7) is 0. The fourth-order valence-electron chi connectivity index (χ4n) is 5.05. The third-order valence-corrected chi connectivity index (χ3v) is 10.8. The number of thiophene rings is 2. The summed E-state index contributed by atoms with van der Waals surface area (Å²) in [5, 5.41) is 15.3. The average molecular weight is 494 g/mol. The average Bonchev–Trinajstić information content (AvgIpc) is 3.55. The molecule has 0 radical (unpaired) electrons. The summed E-state index contributed by atoms with van der Waals surface area (Å²) < 4.78 is 25.6. The van der Waals surface area contributed by atoms with Gasteiger partial charge in [0.15, 0.2) is 0 Å². The van der Waals surface area contributed by atoms with E-state index >= 15 is 0 Å². The maximum absolute atomic E-state index is 13.0. The molecule has 4 atom stereocenters. The second-order valence-electron chi connectivity index (χ2n) is 8.57.